The quantitative estimate of drug-likeness (QED) is 0.370. The van der Waals surface area contributed by atoms with Gasteiger partial charge in [-0.25, -0.2) is 14.5 Å². The molecule has 0 aliphatic carbocycles. The van der Waals surface area contributed by atoms with Gasteiger partial charge in [-0.05, 0) is 65.4 Å². The fourth-order valence-corrected chi connectivity index (χ4v) is 4.93. The molecule has 0 bridgehead atoms. The van der Waals surface area contributed by atoms with Crippen molar-refractivity contribution < 1.29 is 4.79 Å². The van der Waals surface area contributed by atoms with Crippen LogP contribution in [-0.2, 0) is 4.79 Å². The van der Waals surface area contributed by atoms with Gasteiger partial charge in [-0.15, -0.1) is 11.3 Å². The Balaban J connectivity index is 1.75. The van der Waals surface area contributed by atoms with Gasteiger partial charge in [0, 0.05) is 22.8 Å². The van der Waals surface area contributed by atoms with E-state index in [1.807, 2.05) is 77.6 Å². The van der Waals surface area contributed by atoms with Crippen LogP contribution in [0.5, 0.6) is 0 Å². The zero-order valence-corrected chi connectivity index (χ0v) is 18.6. The lowest BCUT2D eigenvalue weighted by atomic mass is 9.90. The van der Waals surface area contributed by atoms with Crippen molar-refractivity contribution in [3.8, 4) is 22.5 Å². The highest BCUT2D eigenvalue weighted by atomic mass is 35.5. The molecule has 5 aromatic rings. The third-order valence-electron chi connectivity index (χ3n) is 5.40. The number of primary amides is 1. The normalized spacial score (nSPS) is 12.2. The van der Waals surface area contributed by atoms with E-state index in [4.69, 9.17) is 22.4 Å². The third kappa shape index (κ3) is 3.55. The Morgan fingerprint density at radius 3 is 2.78 bits per heavy atom. The van der Waals surface area contributed by atoms with Gasteiger partial charge in [-0.3, -0.25) is 4.79 Å². The highest BCUT2D eigenvalue weighted by molar-refractivity contribution is 7.10. The van der Waals surface area contributed by atoms with Crippen LogP contribution in [0.3, 0.4) is 0 Å². The van der Waals surface area contributed by atoms with Crippen molar-refractivity contribution >= 4 is 34.4 Å². The number of halogens is 1. The van der Waals surface area contributed by atoms with Crippen LogP contribution >= 0.6 is 22.9 Å². The highest BCUT2D eigenvalue weighted by Crippen LogP contribution is 2.37. The summed E-state index contributed by atoms with van der Waals surface area (Å²) < 4.78 is 1.81. The second-order valence-electron chi connectivity index (χ2n) is 7.39. The first-order valence-corrected chi connectivity index (χ1v) is 11.2. The highest BCUT2D eigenvalue weighted by Gasteiger charge is 2.25. The van der Waals surface area contributed by atoms with Crippen LogP contribution in [0.15, 0.2) is 72.4 Å². The van der Waals surface area contributed by atoms with Gasteiger partial charge in [0.05, 0.1) is 22.7 Å². The van der Waals surface area contributed by atoms with E-state index in [0.717, 1.165) is 38.3 Å². The number of nitrogens with two attached hydrogens (primary N) is 1. The van der Waals surface area contributed by atoms with E-state index in [-0.39, 0.29) is 11.2 Å². The molecule has 1 atom stereocenters. The minimum Gasteiger partial charge on any atom is -0.369 e. The molecule has 0 saturated carbocycles. The van der Waals surface area contributed by atoms with Gasteiger partial charge in [-0.1, -0.05) is 24.3 Å². The van der Waals surface area contributed by atoms with Crippen molar-refractivity contribution in [3.05, 3.63) is 93.7 Å². The summed E-state index contributed by atoms with van der Waals surface area (Å²) in [4.78, 5) is 21.8. The summed E-state index contributed by atoms with van der Waals surface area (Å²) in [6.07, 6.45) is 3.51. The van der Waals surface area contributed by atoms with E-state index < -0.39 is 5.92 Å². The number of amides is 1. The Kier molecular flexibility index (Phi) is 5.20. The fraction of sp³-hybridized carbons (Fsp3) is 0.0833. The lowest BCUT2D eigenvalue weighted by Crippen LogP contribution is -2.22. The van der Waals surface area contributed by atoms with Crippen LogP contribution in [0.25, 0.3) is 28.0 Å². The first-order chi connectivity index (χ1) is 15.5. The zero-order valence-electron chi connectivity index (χ0n) is 17.1. The van der Waals surface area contributed by atoms with Crippen LogP contribution in [0.1, 0.15) is 21.9 Å². The van der Waals surface area contributed by atoms with E-state index in [1.165, 1.54) is 11.3 Å². The Hall–Kier alpha value is -3.55. The number of pyridine rings is 1. The van der Waals surface area contributed by atoms with E-state index >= 15 is 0 Å². The predicted octanol–water partition coefficient (Wildman–Crippen LogP) is 5.10. The van der Waals surface area contributed by atoms with Crippen LogP contribution < -0.4 is 5.73 Å². The average Bonchev–Trinajstić information content (AvgIpc) is 3.43. The number of hydrogen-bond acceptors (Lipinski definition) is 5. The fourth-order valence-electron chi connectivity index (χ4n) is 3.93. The van der Waals surface area contributed by atoms with E-state index in [0.29, 0.717) is 5.69 Å². The first-order valence-electron chi connectivity index (χ1n) is 9.93. The SMILES string of the molecule is Cc1ccc(-c2nn3ccccc3c2-c2ccnc(Cl)n2)cc1C(C(N)=O)c1cccs1. The molecule has 1 unspecified atom stereocenters. The molecule has 1 amide bonds. The summed E-state index contributed by atoms with van der Waals surface area (Å²) in [5.74, 6) is -0.908. The molecule has 0 aliphatic rings. The molecule has 4 aromatic heterocycles. The van der Waals surface area contributed by atoms with Crippen LogP contribution in [0, 0.1) is 6.92 Å². The van der Waals surface area contributed by atoms with Gasteiger partial charge in [0.1, 0.15) is 5.69 Å². The Bertz CT molecular complexity index is 1440. The molecular formula is C24H18ClN5OS. The Morgan fingerprint density at radius 1 is 1.16 bits per heavy atom. The molecule has 158 valence electrons. The Labute approximate surface area is 193 Å². The van der Waals surface area contributed by atoms with Gasteiger partial charge in [0.2, 0.25) is 11.2 Å². The lowest BCUT2D eigenvalue weighted by molar-refractivity contribution is -0.118. The maximum absolute atomic E-state index is 12.4. The van der Waals surface area contributed by atoms with Crippen molar-refractivity contribution in [1.29, 1.82) is 0 Å². The number of carbonyl (C=O) groups excluding carboxylic acids is 1. The molecule has 1 aromatic carbocycles. The number of carbonyl (C=O) groups is 1. The number of thiophene rings is 1. The zero-order chi connectivity index (χ0) is 22.2. The summed E-state index contributed by atoms with van der Waals surface area (Å²) in [5, 5.41) is 6.94. The standard InChI is InChI=1S/C24H18ClN5OS/c1-14-7-8-15(13-16(14)20(23(26)31)19-6-4-12-32-19)22-21(17-9-10-27-24(25)28-17)18-5-2-3-11-30(18)29-22/h2-13,20H,1H3,(H2,26,31). The molecule has 6 nitrogen and oxygen atoms in total. The van der Waals surface area contributed by atoms with E-state index in [1.54, 1.807) is 6.20 Å². The monoisotopic (exact) mass is 459 g/mol. The third-order valence-corrected chi connectivity index (χ3v) is 6.52. The van der Waals surface area contributed by atoms with Crippen LogP contribution in [0.4, 0.5) is 0 Å². The molecule has 5 rings (SSSR count). The first kappa shape index (κ1) is 20.4. The topological polar surface area (TPSA) is 86.2 Å². The van der Waals surface area contributed by atoms with E-state index in [2.05, 4.69) is 9.97 Å². The lowest BCUT2D eigenvalue weighted by Gasteiger charge is -2.16. The van der Waals surface area contributed by atoms with E-state index in [9.17, 15) is 4.79 Å². The van der Waals surface area contributed by atoms with Gasteiger partial charge < -0.3 is 5.73 Å². The van der Waals surface area contributed by atoms with Crippen molar-refractivity contribution in [2.75, 3.05) is 0 Å². The number of aromatic nitrogens is 4. The maximum atomic E-state index is 12.4. The van der Waals surface area contributed by atoms with Gasteiger partial charge >= 0.3 is 0 Å². The molecule has 0 saturated heterocycles. The largest absolute Gasteiger partial charge is 0.369 e. The van der Waals surface area contributed by atoms with Crippen molar-refractivity contribution in [2.45, 2.75) is 12.8 Å². The number of hydrogen-bond donors (Lipinski definition) is 1. The summed E-state index contributed by atoms with van der Waals surface area (Å²) >= 11 is 7.61. The maximum Gasteiger partial charge on any atom is 0.230 e. The number of rotatable bonds is 5. The van der Waals surface area contributed by atoms with Crippen molar-refractivity contribution in [3.63, 3.8) is 0 Å². The Morgan fingerprint density at radius 2 is 2.03 bits per heavy atom. The van der Waals surface area contributed by atoms with Crippen molar-refractivity contribution in [1.82, 2.24) is 19.6 Å². The molecule has 2 N–H and O–H groups in total. The van der Waals surface area contributed by atoms with Crippen LogP contribution in [0.2, 0.25) is 5.28 Å². The molecule has 32 heavy (non-hydrogen) atoms. The number of nitrogens with zero attached hydrogens (tertiary/aromatic N) is 4. The van der Waals surface area contributed by atoms with Gasteiger partial charge in [0.15, 0.2) is 0 Å². The average molecular weight is 460 g/mol. The minimum atomic E-state index is -0.524. The molecule has 0 fully saturated rings. The molecule has 4 heterocycles. The minimum absolute atomic E-state index is 0.166. The summed E-state index contributed by atoms with van der Waals surface area (Å²) in [5.41, 5.74) is 11.7. The second-order valence-corrected chi connectivity index (χ2v) is 8.70. The van der Waals surface area contributed by atoms with Crippen LogP contribution in [-0.4, -0.2) is 25.5 Å². The molecule has 0 aliphatic heterocycles. The summed E-state index contributed by atoms with van der Waals surface area (Å²) in [6, 6.07) is 17.5. The summed E-state index contributed by atoms with van der Waals surface area (Å²) in [6.45, 7) is 1.98. The molecule has 0 radical (unpaired) electrons. The second kappa shape index (κ2) is 8.18. The predicted molar refractivity (Wildman–Crippen MR) is 127 cm³/mol. The van der Waals surface area contributed by atoms with Gasteiger partial charge in [0.25, 0.3) is 0 Å². The smallest absolute Gasteiger partial charge is 0.230 e. The number of fused-ring (bicyclic) bond motifs is 1. The molecule has 0 spiro atoms. The van der Waals surface area contributed by atoms with Gasteiger partial charge in [-0.2, -0.15) is 5.10 Å². The van der Waals surface area contributed by atoms with Crippen molar-refractivity contribution in [2.24, 2.45) is 5.73 Å². The summed E-state index contributed by atoms with van der Waals surface area (Å²) in [7, 11) is 0. The molecular weight excluding hydrogens is 442 g/mol. The molecule has 8 heteroatoms. The number of benzene rings is 1. The number of aryl methyl sites for hydroxylation is 1.